The lowest BCUT2D eigenvalue weighted by molar-refractivity contribution is 0.00578. The van der Waals surface area contributed by atoms with E-state index in [1.54, 1.807) is 6.20 Å². The van der Waals surface area contributed by atoms with Crippen molar-refractivity contribution in [2.75, 3.05) is 0 Å². The van der Waals surface area contributed by atoms with Crippen molar-refractivity contribution >= 4 is 24.3 Å². The maximum absolute atomic E-state index is 6.08. The normalized spacial score (nSPS) is 24.8. The number of halogens is 1. The van der Waals surface area contributed by atoms with E-state index < -0.39 is 7.12 Å². The first-order valence-electron chi connectivity index (χ1n) is 6.81. The van der Waals surface area contributed by atoms with Crippen molar-refractivity contribution in [2.24, 2.45) is 0 Å². The van der Waals surface area contributed by atoms with Crippen LogP contribution in [0.3, 0.4) is 0 Å². The average molecular weight is 280 g/mol. The van der Waals surface area contributed by atoms with Gasteiger partial charge in [0.1, 0.15) is 0 Å². The third-order valence-electron chi connectivity index (χ3n) is 4.41. The number of hydrogen-bond donors (Lipinski definition) is 0. The quantitative estimate of drug-likeness (QED) is 0.780. The lowest BCUT2D eigenvalue weighted by Crippen LogP contribution is -2.41. The van der Waals surface area contributed by atoms with Gasteiger partial charge in [-0.1, -0.05) is 11.6 Å². The number of hydrogen-bond acceptors (Lipinski definition) is 3. The van der Waals surface area contributed by atoms with E-state index in [0.29, 0.717) is 10.9 Å². The van der Waals surface area contributed by atoms with E-state index in [4.69, 9.17) is 20.9 Å². The summed E-state index contributed by atoms with van der Waals surface area (Å²) in [6, 6.07) is 2.01. The Balaban J connectivity index is 1.96. The highest BCUT2D eigenvalue weighted by atomic mass is 35.5. The molecule has 1 saturated heterocycles. The summed E-state index contributed by atoms with van der Waals surface area (Å²) in [5.41, 5.74) is 1.41. The second kappa shape index (κ2) is 4.21. The van der Waals surface area contributed by atoms with Crippen LogP contribution in [0.25, 0.3) is 0 Å². The Hall–Kier alpha value is -0.575. The third kappa shape index (κ3) is 2.30. The van der Waals surface area contributed by atoms with Gasteiger partial charge in [-0.3, -0.25) is 4.98 Å². The standard InChI is InChI=1S/C14H19BClNO2/c1-13(2)14(3,4)19-15(18-13)12-11(9-5-6-9)7-10(16)8-17-12/h7-9H,5-6H2,1-4H3. The van der Waals surface area contributed by atoms with Crippen LogP contribution in [0.4, 0.5) is 0 Å². The van der Waals surface area contributed by atoms with Crippen molar-refractivity contribution in [1.29, 1.82) is 0 Å². The highest BCUT2D eigenvalue weighted by Gasteiger charge is 2.53. The second-order valence-corrected chi connectivity index (χ2v) is 6.93. The van der Waals surface area contributed by atoms with Crippen LogP contribution in [0.5, 0.6) is 0 Å². The van der Waals surface area contributed by atoms with Gasteiger partial charge in [-0.05, 0) is 58.1 Å². The third-order valence-corrected chi connectivity index (χ3v) is 4.62. The fourth-order valence-electron chi connectivity index (χ4n) is 2.34. The Morgan fingerprint density at radius 2 is 1.79 bits per heavy atom. The number of aromatic nitrogens is 1. The van der Waals surface area contributed by atoms with E-state index in [0.717, 1.165) is 5.59 Å². The smallest absolute Gasteiger partial charge is 0.398 e. The summed E-state index contributed by atoms with van der Waals surface area (Å²) >= 11 is 6.06. The molecular formula is C14H19BClNO2. The predicted molar refractivity (Wildman–Crippen MR) is 76.9 cm³/mol. The molecule has 0 N–H and O–H groups in total. The van der Waals surface area contributed by atoms with E-state index in [-0.39, 0.29) is 11.2 Å². The van der Waals surface area contributed by atoms with Gasteiger partial charge in [0.2, 0.25) is 0 Å². The maximum Gasteiger partial charge on any atom is 0.514 e. The molecule has 2 fully saturated rings. The number of rotatable bonds is 2. The van der Waals surface area contributed by atoms with Crippen LogP contribution in [0.2, 0.25) is 5.02 Å². The molecule has 3 nitrogen and oxygen atoms in total. The van der Waals surface area contributed by atoms with Crippen LogP contribution < -0.4 is 5.59 Å². The molecule has 1 saturated carbocycles. The van der Waals surface area contributed by atoms with E-state index >= 15 is 0 Å². The summed E-state index contributed by atoms with van der Waals surface area (Å²) in [6.45, 7) is 8.22. The molecule has 0 bridgehead atoms. The average Bonchev–Trinajstić information content (AvgIpc) is 3.07. The van der Waals surface area contributed by atoms with Crippen LogP contribution >= 0.6 is 11.6 Å². The van der Waals surface area contributed by atoms with Gasteiger partial charge in [0.25, 0.3) is 0 Å². The van der Waals surface area contributed by atoms with Gasteiger partial charge in [0.05, 0.1) is 21.8 Å². The maximum atomic E-state index is 6.08. The van der Waals surface area contributed by atoms with Crippen molar-refractivity contribution in [3.05, 3.63) is 22.8 Å². The second-order valence-electron chi connectivity index (χ2n) is 6.49. The summed E-state index contributed by atoms with van der Waals surface area (Å²) in [6.07, 6.45) is 4.08. The molecule has 1 aromatic rings. The summed E-state index contributed by atoms with van der Waals surface area (Å²) in [4.78, 5) is 4.47. The van der Waals surface area contributed by atoms with Gasteiger partial charge in [0, 0.05) is 6.20 Å². The minimum Gasteiger partial charge on any atom is -0.398 e. The molecule has 2 heterocycles. The molecular weight excluding hydrogens is 260 g/mol. The van der Waals surface area contributed by atoms with Crippen molar-refractivity contribution in [3.8, 4) is 0 Å². The Labute approximate surface area is 119 Å². The van der Waals surface area contributed by atoms with E-state index in [1.165, 1.54) is 18.4 Å². The summed E-state index contributed by atoms with van der Waals surface area (Å²) < 4.78 is 12.2. The fraction of sp³-hybridized carbons (Fsp3) is 0.643. The molecule has 1 aliphatic heterocycles. The first kappa shape index (κ1) is 13.4. The van der Waals surface area contributed by atoms with Crippen molar-refractivity contribution < 1.29 is 9.31 Å². The first-order valence-corrected chi connectivity index (χ1v) is 7.19. The zero-order chi connectivity index (χ0) is 13.8. The Morgan fingerprint density at radius 1 is 1.21 bits per heavy atom. The first-order chi connectivity index (χ1) is 8.80. The SMILES string of the molecule is CC1(C)OB(c2ncc(Cl)cc2C2CC2)OC1(C)C. The van der Waals surface area contributed by atoms with Crippen molar-refractivity contribution in [2.45, 2.75) is 57.7 Å². The van der Waals surface area contributed by atoms with E-state index in [1.807, 2.05) is 6.07 Å². The molecule has 0 spiro atoms. The van der Waals surface area contributed by atoms with Crippen LogP contribution in [0.15, 0.2) is 12.3 Å². The molecule has 0 aromatic carbocycles. The minimum atomic E-state index is -0.391. The number of nitrogens with zero attached hydrogens (tertiary/aromatic N) is 1. The fourth-order valence-corrected chi connectivity index (χ4v) is 2.50. The molecule has 102 valence electrons. The lowest BCUT2D eigenvalue weighted by atomic mass is 9.79. The van der Waals surface area contributed by atoms with Gasteiger partial charge in [0.15, 0.2) is 0 Å². The molecule has 0 radical (unpaired) electrons. The van der Waals surface area contributed by atoms with Gasteiger partial charge in [-0.15, -0.1) is 0 Å². The lowest BCUT2D eigenvalue weighted by Gasteiger charge is -2.32. The van der Waals surface area contributed by atoms with Gasteiger partial charge in [-0.2, -0.15) is 0 Å². The monoisotopic (exact) mass is 279 g/mol. The molecule has 0 atom stereocenters. The van der Waals surface area contributed by atoms with Crippen LogP contribution in [-0.4, -0.2) is 23.3 Å². The number of pyridine rings is 1. The molecule has 3 rings (SSSR count). The minimum absolute atomic E-state index is 0.334. The van der Waals surface area contributed by atoms with Crippen molar-refractivity contribution in [3.63, 3.8) is 0 Å². The zero-order valence-electron chi connectivity index (χ0n) is 11.9. The van der Waals surface area contributed by atoms with Gasteiger partial charge in [-0.25, -0.2) is 0 Å². The van der Waals surface area contributed by atoms with Crippen LogP contribution in [0, 0.1) is 0 Å². The van der Waals surface area contributed by atoms with E-state index in [2.05, 4.69) is 32.7 Å². The Morgan fingerprint density at radius 3 is 2.32 bits per heavy atom. The molecule has 19 heavy (non-hydrogen) atoms. The summed E-state index contributed by atoms with van der Waals surface area (Å²) in [5.74, 6) is 0.570. The summed E-state index contributed by atoms with van der Waals surface area (Å²) in [7, 11) is -0.391. The molecule has 5 heteroatoms. The van der Waals surface area contributed by atoms with Gasteiger partial charge < -0.3 is 9.31 Å². The van der Waals surface area contributed by atoms with Gasteiger partial charge >= 0.3 is 7.12 Å². The molecule has 1 aliphatic carbocycles. The Kier molecular flexibility index (Phi) is 2.97. The Bertz CT molecular complexity index is 498. The van der Waals surface area contributed by atoms with Crippen LogP contribution in [0.1, 0.15) is 52.0 Å². The van der Waals surface area contributed by atoms with Crippen molar-refractivity contribution in [1.82, 2.24) is 4.98 Å². The molecule has 0 amide bonds. The predicted octanol–water partition coefficient (Wildman–Crippen LogP) is 2.91. The molecule has 0 unspecified atom stereocenters. The molecule has 1 aromatic heterocycles. The molecule has 2 aliphatic rings. The highest BCUT2D eigenvalue weighted by molar-refractivity contribution is 6.61. The van der Waals surface area contributed by atoms with E-state index in [9.17, 15) is 0 Å². The zero-order valence-corrected chi connectivity index (χ0v) is 12.6. The highest BCUT2D eigenvalue weighted by Crippen LogP contribution is 2.41. The van der Waals surface area contributed by atoms with Crippen LogP contribution in [-0.2, 0) is 9.31 Å². The topological polar surface area (TPSA) is 31.4 Å². The largest absolute Gasteiger partial charge is 0.514 e. The summed E-state index contributed by atoms with van der Waals surface area (Å²) in [5, 5.41) is 0.683.